The summed E-state index contributed by atoms with van der Waals surface area (Å²) < 4.78 is 4.88. The first kappa shape index (κ1) is 8.53. The summed E-state index contributed by atoms with van der Waals surface area (Å²) >= 11 is 0. The van der Waals surface area contributed by atoms with Crippen LogP contribution in [-0.2, 0) is 9.53 Å². The van der Waals surface area contributed by atoms with E-state index in [2.05, 4.69) is 19.0 Å². The zero-order valence-electron chi connectivity index (χ0n) is 7.33. The first-order chi connectivity index (χ1) is 5.11. The molecule has 0 aromatic rings. The first-order valence-electron chi connectivity index (χ1n) is 3.91. The van der Waals surface area contributed by atoms with Crippen molar-refractivity contribution in [1.29, 1.82) is 0 Å². The summed E-state index contributed by atoms with van der Waals surface area (Å²) in [6.45, 7) is 2.05. The third kappa shape index (κ3) is 2.50. The molecule has 0 bridgehead atoms. The van der Waals surface area contributed by atoms with Gasteiger partial charge in [0.15, 0.2) is 0 Å². The molecular weight excluding hydrogens is 142 g/mol. The van der Waals surface area contributed by atoms with Crippen LogP contribution >= 0.6 is 0 Å². The zero-order chi connectivity index (χ0) is 8.43. The summed E-state index contributed by atoms with van der Waals surface area (Å²) in [5, 5.41) is 0. The number of carbonyl (C=O) groups is 1. The van der Waals surface area contributed by atoms with Gasteiger partial charge in [0.2, 0.25) is 0 Å². The van der Waals surface area contributed by atoms with Crippen LogP contribution in [0.25, 0.3) is 0 Å². The van der Waals surface area contributed by atoms with E-state index in [1.54, 1.807) is 0 Å². The molecule has 1 saturated carbocycles. The lowest BCUT2D eigenvalue weighted by Crippen LogP contribution is -2.18. The Hall–Kier alpha value is -0.570. The quantitative estimate of drug-likeness (QED) is 0.559. The van der Waals surface area contributed by atoms with Crippen molar-refractivity contribution in [2.24, 2.45) is 5.92 Å². The third-order valence-corrected chi connectivity index (χ3v) is 2.05. The topological polar surface area (TPSA) is 29.5 Å². The predicted octanol–water partition coefficient (Wildman–Crippen LogP) is 0.500. The van der Waals surface area contributed by atoms with Crippen molar-refractivity contribution < 1.29 is 9.53 Å². The molecule has 3 heteroatoms. The van der Waals surface area contributed by atoms with Crippen LogP contribution in [0.15, 0.2) is 0 Å². The molecule has 11 heavy (non-hydrogen) atoms. The van der Waals surface area contributed by atoms with Crippen LogP contribution in [0.5, 0.6) is 0 Å². The molecule has 0 aromatic carbocycles. The lowest BCUT2D eigenvalue weighted by Gasteiger charge is -2.07. The Balaban J connectivity index is 2.09. The normalized spacial score (nSPS) is 28.7. The summed E-state index contributed by atoms with van der Waals surface area (Å²) in [7, 11) is 4.11. The summed E-state index contributed by atoms with van der Waals surface area (Å²) in [6.07, 6.45) is 1.17. The van der Waals surface area contributed by atoms with Crippen LogP contribution in [0, 0.1) is 5.92 Å². The molecule has 0 aliphatic heterocycles. The smallest absolute Gasteiger partial charge is 0.302 e. The first-order valence-corrected chi connectivity index (χ1v) is 3.91. The van der Waals surface area contributed by atoms with Crippen molar-refractivity contribution in [1.82, 2.24) is 4.90 Å². The Labute approximate surface area is 67.3 Å². The van der Waals surface area contributed by atoms with E-state index in [-0.39, 0.29) is 5.97 Å². The molecule has 0 saturated heterocycles. The molecule has 0 radical (unpaired) electrons. The van der Waals surface area contributed by atoms with Gasteiger partial charge in [-0.3, -0.25) is 4.79 Å². The Morgan fingerprint density at radius 3 is 2.64 bits per heavy atom. The van der Waals surface area contributed by atoms with Gasteiger partial charge in [-0.2, -0.15) is 0 Å². The second kappa shape index (κ2) is 3.22. The highest BCUT2D eigenvalue weighted by molar-refractivity contribution is 5.65. The monoisotopic (exact) mass is 157 g/mol. The molecule has 0 unspecified atom stereocenters. The molecule has 0 aromatic heterocycles. The number of nitrogens with zero attached hydrogens (tertiary/aromatic N) is 1. The van der Waals surface area contributed by atoms with Gasteiger partial charge in [-0.25, -0.2) is 0 Å². The maximum absolute atomic E-state index is 10.4. The summed E-state index contributed by atoms with van der Waals surface area (Å²) in [5.74, 6) is 0.406. The summed E-state index contributed by atoms with van der Waals surface area (Å²) in [6, 6.07) is 0.634. The van der Waals surface area contributed by atoms with Gasteiger partial charge in [0.25, 0.3) is 0 Å². The molecule has 0 amide bonds. The standard InChI is InChI=1S/C8H15NO2/c1-6(10)11-5-7-4-8(7)9(2)3/h7-8H,4-5H2,1-3H3/t7-,8-/m0/s1. The lowest BCUT2D eigenvalue weighted by atomic mass is 10.4. The van der Waals surface area contributed by atoms with E-state index in [0.29, 0.717) is 18.6 Å². The van der Waals surface area contributed by atoms with Gasteiger partial charge in [-0.05, 0) is 20.5 Å². The number of hydrogen-bond donors (Lipinski definition) is 0. The van der Waals surface area contributed by atoms with Crippen molar-refractivity contribution in [2.45, 2.75) is 19.4 Å². The van der Waals surface area contributed by atoms with E-state index in [0.717, 1.165) is 0 Å². The van der Waals surface area contributed by atoms with E-state index in [1.165, 1.54) is 13.3 Å². The van der Waals surface area contributed by atoms with Crippen molar-refractivity contribution in [3.8, 4) is 0 Å². The molecule has 3 nitrogen and oxygen atoms in total. The van der Waals surface area contributed by atoms with Crippen LogP contribution in [-0.4, -0.2) is 37.6 Å². The molecule has 1 aliphatic rings. The van der Waals surface area contributed by atoms with Gasteiger partial charge in [-0.15, -0.1) is 0 Å². The summed E-state index contributed by atoms with van der Waals surface area (Å²) in [5.41, 5.74) is 0. The van der Waals surface area contributed by atoms with Crippen molar-refractivity contribution in [2.75, 3.05) is 20.7 Å². The molecule has 1 rings (SSSR count). The minimum atomic E-state index is -0.172. The highest BCUT2D eigenvalue weighted by atomic mass is 16.5. The minimum Gasteiger partial charge on any atom is -0.466 e. The van der Waals surface area contributed by atoms with Gasteiger partial charge in [0.05, 0.1) is 6.61 Å². The molecule has 1 aliphatic carbocycles. The van der Waals surface area contributed by atoms with Gasteiger partial charge >= 0.3 is 5.97 Å². The van der Waals surface area contributed by atoms with Crippen LogP contribution in [0.3, 0.4) is 0 Å². The number of rotatable bonds is 3. The SMILES string of the molecule is CC(=O)OC[C@@H]1C[C@@H]1N(C)C. The van der Waals surface area contributed by atoms with Gasteiger partial charge in [0, 0.05) is 18.9 Å². The summed E-state index contributed by atoms with van der Waals surface area (Å²) in [4.78, 5) is 12.6. The van der Waals surface area contributed by atoms with Gasteiger partial charge < -0.3 is 9.64 Å². The average Bonchev–Trinajstić information content (AvgIpc) is 2.61. The van der Waals surface area contributed by atoms with E-state index in [9.17, 15) is 4.79 Å². The second-order valence-electron chi connectivity index (χ2n) is 3.33. The highest BCUT2D eigenvalue weighted by Crippen LogP contribution is 2.34. The maximum Gasteiger partial charge on any atom is 0.302 e. The van der Waals surface area contributed by atoms with Crippen molar-refractivity contribution >= 4 is 5.97 Å². The zero-order valence-corrected chi connectivity index (χ0v) is 7.33. The highest BCUT2D eigenvalue weighted by Gasteiger charge is 2.39. The van der Waals surface area contributed by atoms with Gasteiger partial charge in [0.1, 0.15) is 0 Å². The van der Waals surface area contributed by atoms with Crippen LogP contribution in [0.4, 0.5) is 0 Å². The van der Waals surface area contributed by atoms with E-state index in [1.807, 2.05) is 0 Å². The fraction of sp³-hybridized carbons (Fsp3) is 0.875. The molecule has 0 spiro atoms. The van der Waals surface area contributed by atoms with Crippen molar-refractivity contribution in [3.63, 3.8) is 0 Å². The minimum absolute atomic E-state index is 0.172. The molecule has 2 atom stereocenters. The van der Waals surface area contributed by atoms with Crippen LogP contribution in [0.1, 0.15) is 13.3 Å². The second-order valence-corrected chi connectivity index (χ2v) is 3.33. The van der Waals surface area contributed by atoms with Gasteiger partial charge in [-0.1, -0.05) is 0 Å². The molecule has 0 heterocycles. The number of carbonyl (C=O) groups excluding carboxylic acids is 1. The molecule has 1 fully saturated rings. The number of ether oxygens (including phenoxy) is 1. The largest absolute Gasteiger partial charge is 0.466 e. The average molecular weight is 157 g/mol. The Kier molecular flexibility index (Phi) is 2.49. The number of hydrogen-bond acceptors (Lipinski definition) is 3. The molecule has 0 N–H and O–H groups in total. The Morgan fingerprint density at radius 1 is 1.64 bits per heavy atom. The van der Waals surface area contributed by atoms with E-state index < -0.39 is 0 Å². The van der Waals surface area contributed by atoms with Crippen LogP contribution in [0.2, 0.25) is 0 Å². The Bertz CT molecular complexity index is 156. The Morgan fingerprint density at radius 2 is 2.27 bits per heavy atom. The third-order valence-electron chi connectivity index (χ3n) is 2.05. The predicted molar refractivity (Wildman–Crippen MR) is 42.2 cm³/mol. The van der Waals surface area contributed by atoms with Crippen molar-refractivity contribution in [3.05, 3.63) is 0 Å². The maximum atomic E-state index is 10.4. The lowest BCUT2D eigenvalue weighted by molar-refractivity contribution is -0.141. The van der Waals surface area contributed by atoms with E-state index in [4.69, 9.17) is 4.74 Å². The fourth-order valence-electron chi connectivity index (χ4n) is 1.27. The van der Waals surface area contributed by atoms with Crippen LogP contribution < -0.4 is 0 Å². The fourth-order valence-corrected chi connectivity index (χ4v) is 1.27. The molecule has 64 valence electrons. The molecular formula is C8H15NO2. The van der Waals surface area contributed by atoms with E-state index >= 15 is 0 Å². The number of esters is 1.